The maximum Gasteiger partial charge on any atom is 0.406 e. The second-order valence-electron chi connectivity index (χ2n) is 2.17. The van der Waals surface area contributed by atoms with Crippen molar-refractivity contribution in [3.05, 3.63) is 0 Å². The van der Waals surface area contributed by atoms with Crippen molar-refractivity contribution in [1.29, 1.82) is 0 Å². The Hall–Kier alpha value is -0.770. The average molecular weight is 161 g/mol. The zero-order valence-electron chi connectivity index (χ0n) is 6.80. The predicted octanol–water partition coefficient (Wildman–Crippen LogP) is 0.505. The van der Waals surface area contributed by atoms with Gasteiger partial charge in [0.2, 0.25) is 0 Å². The van der Waals surface area contributed by atoms with Gasteiger partial charge in [0.15, 0.2) is 0 Å². The molecule has 0 bridgehead atoms. The normalized spacial score (nSPS) is 9.27. The van der Waals surface area contributed by atoms with Crippen LogP contribution in [0.5, 0.6) is 0 Å². The number of hydrogen-bond donors (Lipinski definition) is 2. The van der Waals surface area contributed by atoms with Crippen molar-refractivity contribution in [3.8, 4) is 0 Å². The molecule has 0 unspecified atom stereocenters. The minimum absolute atomic E-state index is 0.208. The van der Waals surface area contributed by atoms with E-state index >= 15 is 0 Å². The van der Waals surface area contributed by atoms with Gasteiger partial charge in [-0.1, -0.05) is 0 Å². The van der Waals surface area contributed by atoms with E-state index < -0.39 is 6.09 Å². The molecular formula is C7H15NO3. The first-order valence-corrected chi connectivity index (χ1v) is 3.76. The Labute approximate surface area is 66.5 Å². The van der Waals surface area contributed by atoms with Crippen molar-refractivity contribution in [2.45, 2.75) is 19.3 Å². The number of carbonyl (C=O) groups is 1. The molecular weight excluding hydrogens is 146 g/mol. The number of nitrogens with one attached hydrogen (secondary N) is 1. The van der Waals surface area contributed by atoms with Crippen LogP contribution in [0.3, 0.4) is 0 Å². The minimum Gasteiger partial charge on any atom is -0.450 e. The number of unbranched alkanes of at least 4 members (excludes halogenated alkanes) is 2. The first-order chi connectivity index (χ1) is 5.31. The molecule has 66 valence electrons. The number of alkyl carbamates (subject to hydrolysis) is 1. The standard InChI is InChI=1S/C7H15NO3/c1-8-7(10)11-6-4-2-3-5-9/h9H,2-6H2,1H3,(H,8,10). The van der Waals surface area contributed by atoms with Crippen molar-refractivity contribution in [2.75, 3.05) is 20.3 Å². The molecule has 0 aliphatic heterocycles. The first kappa shape index (κ1) is 10.2. The van der Waals surface area contributed by atoms with E-state index in [0.717, 1.165) is 19.3 Å². The molecule has 0 aliphatic rings. The van der Waals surface area contributed by atoms with E-state index in [1.165, 1.54) is 7.05 Å². The van der Waals surface area contributed by atoms with Gasteiger partial charge in [0.25, 0.3) is 0 Å². The molecule has 4 heteroatoms. The zero-order chi connectivity index (χ0) is 8.53. The Morgan fingerprint density at radius 1 is 1.45 bits per heavy atom. The first-order valence-electron chi connectivity index (χ1n) is 3.76. The number of aliphatic hydroxyl groups excluding tert-OH is 1. The summed E-state index contributed by atoms with van der Waals surface area (Å²) in [6.45, 7) is 0.639. The molecule has 2 N–H and O–H groups in total. The molecule has 0 fully saturated rings. The Balaban J connectivity index is 2.95. The van der Waals surface area contributed by atoms with Crippen molar-refractivity contribution in [3.63, 3.8) is 0 Å². The summed E-state index contributed by atoms with van der Waals surface area (Å²) in [5.74, 6) is 0. The molecule has 0 saturated carbocycles. The van der Waals surface area contributed by atoms with E-state index in [1.54, 1.807) is 0 Å². The number of carbonyl (C=O) groups excluding carboxylic acids is 1. The smallest absolute Gasteiger partial charge is 0.406 e. The summed E-state index contributed by atoms with van der Waals surface area (Å²) in [6, 6.07) is 0. The van der Waals surface area contributed by atoms with Gasteiger partial charge in [-0.2, -0.15) is 0 Å². The zero-order valence-corrected chi connectivity index (χ0v) is 6.80. The summed E-state index contributed by atoms with van der Waals surface area (Å²) in [6.07, 6.45) is 2.09. The van der Waals surface area contributed by atoms with Crippen molar-refractivity contribution >= 4 is 6.09 Å². The van der Waals surface area contributed by atoms with Crippen LogP contribution in [0.15, 0.2) is 0 Å². The van der Waals surface area contributed by atoms with E-state index in [2.05, 4.69) is 5.32 Å². The number of aliphatic hydroxyl groups is 1. The fourth-order valence-electron chi connectivity index (χ4n) is 0.628. The second kappa shape index (κ2) is 7.34. The fraction of sp³-hybridized carbons (Fsp3) is 0.857. The largest absolute Gasteiger partial charge is 0.450 e. The molecule has 0 aliphatic carbocycles. The highest BCUT2D eigenvalue weighted by atomic mass is 16.5. The van der Waals surface area contributed by atoms with E-state index in [-0.39, 0.29) is 6.61 Å². The molecule has 0 rings (SSSR count). The van der Waals surface area contributed by atoms with Crippen LogP contribution in [0.1, 0.15) is 19.3 Å². The predicted molar refractivity (Wildman–Crippen MR) is 41.3 cm³/mol. The number of rotatable bonds is 5. The number of ether oxygens (including phenoxy) is 1. The molecule has 0 atom stereocenters. The highest BCUT2D eigenvalue weighted by Gasteiger charge is 1.95. The lowest BCUT2D eigenvalue weighted by atomic mass is 10.2. The molecule has 0 radical (unpaired) electrons. The summed E-state index contributed by atoms with van der Waals surface area (Å²) in [7, 11) is 1.52. The molecule has 0 saturated heterocycles. The van der Waals surface area contributed by atoms with Crippen molar-refractivity contribution in [2.24, 2.45) is 0 Å². The van der Waals surface area contributed by atoms with Gasteiger partial charge in [0.1, 0.15) is 0 Å². The van der Waals surface area contributed by atoms with E-state index in [1.807, 2.05) is 0 Å². The average Bonchev–Trinajstić information content (AvgIpc) is 2.04. The van der Waals surface area contributed by atoms with Gasteiger partial charge < -0.3 is 15.2 Å². The van der Waals surface area contributed by atoms with Gasteiger partial charge in [0.05, 0.1) is 6.61 Å². The van der Waals surface area contributed by atoms with Gasteiger partial charge in [0, 0.05) is 13.7 Å². The van der Waals surface area contributed by atoms with Crippen LogP contribution >= 0.6 is 0 Å². The lowest BCUT2D eigenvalue weighted by Crippen LogP contribution is -2.19. The maximum absolute atomic E-state index is 10.5. The molecule has 4 nitrogen and oxygen atoms in total. The van der Waals surface area contributed by atoms with Crippen LogP contribution in [0.2, 0.25) is 0 Å². The third-order valence-corrected chi connectivity index (χ3v) is 1.24. The molecule has 0 aromatic carbocycles. The SMILES string of the molecule is CNC(=O)OCCCCCO. The number of amides is 1. The second-order valence-corrected chi connectivity index (χ2v) is 2.17. The van der Waals surface area contributed by atoms with E-state index in [9.17, 15) is 4.79 Å². The Bertz CT molecular complexity index is 106. The van der Waals surface area contributed by atoms with Gasteiger partial charge in [-0.25, -0.2) is 4.79 Å². The number of hydrogen-bond acceptors (Lipinski definition) is 3. The quantitative estimate of drug-likeness (QED) is 0.577. The molecule has 1 amide bonds. The Morgan fingerprint density at radius 2 is 2.18 bits per heavy atom. The molecule has 0 aromatic heterocycles. The third kappa shape index (κ3) is 7.12. The van der Waals surface area contributed by atoms with Crippen LogP contribution in [0, 0.1) is 0 Å². The van der Waals surface area contributed by atoms with Gasteiger partial charge in [-0.3, -0.25) is 0 Å². The minimum atomic E-state index is -0.394. The summed E-state index contributed by atoms with van der Waals surface area (Å²) in [4.78, 5) is 10.5. The summed E-state index contributed by atoms with van der Waals surface area (Å²) < 4.78 is 4.71. The van der Waals surface area contributed by atoms with Gasteiger partial charge in [-0.15, -0.1) is 0 Å². The molecule has 0 spiro atoms. The van der Waals surface area contributed by atoms with Crippen molar-refractivity contribution in [1.82, 2.24) is 5.32 Å². The third-order valence-electron chi connectivity index (χ3n) is 1.24. The Morgan fingerprint density at radius 3 is 2.73 bits per heavy atom. The summed E-state index contributed by atoms with van der Waals surface area (Å²) in [5, 5.41) is 10.7. The van der Waals surface area contributed by atoms with E-state index in [4.69, 9.17) is 9.84 Å². The fourth-order valence-corrected chi connectivity index (χ4v) is 0.628. The highest BCUT2D eigenvalue weighted by molar-refractivity contribution is 5.66. The van der Waals surface area contributed by atoms with E-state index in [0.29, 0.717) is 6.61 Å². The van der Waals surface area contributed by atoms with Gasteiger partial charge in [-0.05, 0) is 19.3 Å². The monoisotopic (exact) mass is 161 g/mol. The van der Waals surface area contributed by atoms with Crippen LogP contribution in [0.4, 0.5) is 4.79 Å². The van der Waals surface area contributed by atoms with Gasteiger partial charge >= 0.3 is 6.09 Å². The van der Waals surface area contributed by atoms with Crippen LogP contribution < -0.4 is 5.32 Å². The Kier molecular flexibility index (Phi) is 6.82. The highest BCUT2D eigenvalue weighted by Crippen LogP contribution is 1.94. The lowest BCUT2D eigenvalue weighted by Gasteiger charge is -2.01. The van der Waals surface area contributed by atoms with Crippen LogP contribution in [-0.2, 0) is 4.74 Å². The molecule has 11 heavy (non-hydrogen) atoms. The molecule has 0 aromatic rings. The molecule has 0 heterocycles. The lowest BCUT2D eigenvalue weighted by molar-refractivity contribution is 0.145. The maximum atomic E-state index is 10.5. The van der Waals surface area contributed by atoms with Crippen LogP contribution in [-0.4, -0.2) is 31.5 Å². The topological polar surface area (TPSA) is 58.6 Å². The summed E-state index contributed by atoms with van der Waals surface area (Å²) in [5.41, 5.74) is 0. The van der Waals surface area contributed by atoms with Crippen molar-refractivity contribution < 1.29 is 14.6 Å². The van der Waals surface area contributed by atoms with Crippen LogP contribution in [0.25, 0.3) is 0 Å². The summed E-state index contributed by atoms with van der Waals surface area (Å²) >= 11 is 0.